The number of fused-ring (bicyclic) bond motifs is 1. The number of rotatable bonds is 7. The van der Waals surface area contributed by atoms with Crippen LogP contribution in [0.3, 0.4) is 0 Å². The molecule has 0 unspecified atom stereocenters. The standard InChI is InChI=1S/C29H24F4N4O2S/c1-27(21-12-18(6-10-22(21)30)13-23(31)24-11-7-19(34-2)15-35-24)25-28(16-38,29(25,32)33)40-26(37-27)36-14-17-4-8-20(39-3)9-5-17/h4-13,15,25,38H,14,16H2,1,3H3,(H,36,37)/b23-13-/t25-,27+,28+/m0/s1. The molecule has 6 nitrogen and oxygen atoms in total. The summed E-state index contributed by atoms with van der Waals surface area (Å²) in [5.74, 6) is -5.63. The quantitative estimate of drug-likeness (QED) is 0.257. The van der Waals surface area contributed by atoms with Crippen molar-refractivity contribution in [3.05, 3.63) is 100 Å². The molecule has 0 amide bonds. The summed E-state index contributed by atoms with van der Waals surface area (Å²) in [6.45, 7) is 7.75. The number of thioether (sulfide) groups is 1. The van der Waals surface area contributed by atoms with E-state index >= 15 is 13.2 Å². The van der Waals surface area contributed by atoms with Crippen molar-refractivity contribution in [3.63, 3.8) is 0 Å². The fourth-order valence-corrected chi connectivity index (χ4v) is 6.64. The Morgan fingerprint density at radius 3 is 2.60 bits per heavy atom. The minimum absolute atomic E-state index is 0.0300. The molecule has 206 valence electrons. The fraction of sp³-hybridized carbons (Fsp3) is 0.276. The molecule has 3 aromatic rings. The van der Waals surface area contributed by atoms with E-state index in [4.69, 9.17) is 11.3 Å². The Hall–Kier alpha value is -3.88. The smallest absolute Gasteiger partial charge is 0.272 e. The Morgan fingerprint density at radius 1 is 1.23 bits per heavy atom. The van der Waals surface area contributed by atoms with E-state index in [0.717, 1.165) is 29.5 Å². The largest absolute Gasteiger partial charge is 0.497 e. The van der Waals surface area contributed by atoms with Crippen LogP contribution < -0.4 is 10.1 Å². The predicted octanol–water partition coefficient (Wildman–Crippen LogP) is 6.35. The van der Waals surface area contributed by atoms with E-state index in [1.165, 1.54) is 37.4 Å². The maximum absolute atomic E-state index is 15.4. The molecule has 0 bridgehead atoms. The van der Waals surface area contributed by atoms with Gasteiger partial charge in [0.25, 0.3) is 5.92 Å². The summed E-state index contributed by atoms with van der Waals surface area (Å²) in [5.41, 5.74) is -0.540. The van der Waals surface area contributed by atoms with Gasteiger partial charge in [-0.05, 0) is 54.5 Å². The van der Waals surface area contributed by atoms with E-state index in [-0.39, 0.29) is 34.2 Å². The maximum atomic E-state index is 15.4. The lowest BCUT2D eigenvalue weighted by atomic mass is 9.84. The lowest BCUT2D eigenvalue weighted by molar-refractivity contribution is 0.0660. The van der Waals surface area contributed by atoms with Crippen LogP contribution in [0.2, 0.25) is 0 Å². The number of aromatic nitrogens is 1. The zero-order chi connectivity index (χ0) is 28.7. The van der Waals surface area contributed by atoms with Gasteiger partial charge in [0.1, 0.15) is 22.1 Å². The molecule has 1 aliphatic carbocycles. The van der Waals surface area contributed by atoms with Crippen molar-refractivity contribution in [3.8, 4) is 5.75 Å². The van der Waals surface area contributed by atoms with Crippen LogP contribution in [0.4, 0.5) is 23.2 Å². The summed E-state index contributed by atoms with van der Waals surface area (Å²) >= 11 is 0.750. The molecule has 2 heterocycles. The molecule has 1 aliphatic heterocycles. The van der Waals surface area contributed by atoms with Crippen LogP contribution in [0.25, 0.3) is 16.7 Å². The molecule has 40 heavy (non-hydrogen) atoms. The molecule has 2 aromatic carbocycles. The molecule has 2 aliphatic rings. The number of hydrogen-bond donors (Lipinski definition) is 2. The van der Waals surface area contributed by atoms with Crippen molar-refractivity contribution in [2.24, 2.45) is 10.9 Å². The summed E-state index contributed by atoms with van der Waals surface area (Å²) in [6.07, 6.45) is 2.35. The number of hydrogen-bond acceptors (Lipinski definition) is 5. The first-order valence-corrected chi connectivity index (χ1v) is 13.0. The number of ether oxygens (including phenoxy) is 1. The number of halogens is 4. The monoisotopic (exact) mass is 568 g/mol. The molecular formula is C29H24F4N4O2S. The van der Waals surface area contributed by atoms with Crippen LogP contribution in [0.1, 0.15) is 29.3 Å². The zero-order valence-electron chi connectivity index (χ0n) is 21.5. The third-order valence-corrected chi connectivity index (χ3v) is 8.72. The number of pyridine rings is 1. The normalized spacial score (nSPS) is 26.0. The second-order valence-corrected chi connectivity index (χ2v) is 11.1. The molecule has 1 aromatic heterocycles. The topological polar surface area (TPSA) is 71.1 Å². The molecule has 1 saturated heterocycles. The van der Waals surface area contributed by atoms with E-state index in [2.05, 4.69) is 20.1 Å². The molecule has 2 fully saturated rings. The summed E-state index contributed by atoms with van der Waals surface area (Å²) < 4.78 is 64.3. The van der Waals surface area contributed by atoms with E-state index in [1.807, 2.05) is 0 Å². The van der Waals surface area contributed by atoms with Crippen molar-refractivity contribution in [2.75, 3.05) is 13.7 Å². The summed E-state index contributed by atoms with van der Waals surface area (Å²) in [6, 6.07) is 13.6. The van der Waals surface area contributed by atoms with Gasteiger partial charge < -0.3 is 15.2 Å². The number of nitrogens with one attached hydrogen (secondary N) is 1. The van der Waals surface area contributed by atoms with Crippen LogP contribution in [0.15, 0.2) is 65.8 Å². The minimum atomic E-state index is -3.33. The second-order valence-electron chi connectivity index (χ2n) is 9.75. The number of benzene rings is 2. The summed E-state index contributed by atoms with van der Waals surface area (Å²) in [5, 5.41) is 13.2. The van der Waals surface area contributed by atoms with Gasteiger partial charge in [0.2, 0.25) is 5.69 Å². The third kappa shape index (κ3) is 4.61. The Morgan fingerprint density at radius 2 is 1.98 bits per heavy atom. The molecule has 11 heteroatoms. The number of alkyl halides is 2. The zero-order valence-corrected chi connectivity index (χ0v) is 22.3. The highest BCUT2D eigenvalue weighted by Crippen LogP contribution is 2.73. The molecule has 3 atom stereocenters. The van der Waals surface area contributed by atoms with Crippen LogP contribution in [0, 0.1) is 18.3 Å². The Bertz CT molecular complexity index is 1540. The lowest BCUT2D eigenvalue weighted by Gasteiger charge is -2.38. The molecule has 2 N–H and O–H groups in total. The van der Waals surface area contributed by atoms with E-state index in [1.54, 1.807) is 31.4 Å². The highest BCUT2D eigenvalue weighted by atomic mass is 32.2. The molecule has 5 rings (SSSR count). The van der Waals surface area contributed by atoms with Gasteiger partial charge in [-0.1, -0.05) is 36.0 Å². The average molecular weight is 569 g/mol. The van der Waals surface area contributed by atoms with Crippen molar-refractivity contribution >= 4 is 34.5 Å². The number of amidine groups is 1. The summed E-state index contributed by atoms with van der Waals surface area (Å²) in [7, 11) is 1.54. The molecular weight excluding hydrogens is 544 g/mol. The van der Waals surface area contributed by atoms with Gasteiger partial charge in [-0.25, -0.2) is 22.4 Å². The maximum Gasteiger partial charge on any atom is 0.272 e. The Kier molecular flexibility index (Phi) is 7.10. The summed E-state index contributed by atoms with van der Waals surface area (Å²) in [4.78, 5) is 11.6. The Labute approximate surface area is 232 Å². The lowest BCUT2D eigenvalue weighted by Crippen LogP contribution is -2.51. The predicted molar refractivity (Wildman–Crippen MR) is 146 cm³/mol. The van der Waals surface area contributed by atoms with Crippen molar-refractivity contribution in [2.45, 2.75) is 29.7 Å². The van der Waals surface area contributed by atoms with Gasteiger partial charge in [-0.2, -0.15) is 0 Å². The van der Waals surface area contributed by atoms with Crippen LogP contribution in [-0.2, 0) is 12.1 Å². The van der Waals surface area contributed by atoms with Crippen molar-refractivity contribution in [1.82, 2.24) is 10.3 Å². The number of aliphatic hydroxyl groups is 1. The van der Waals surface area contributed by atoms with Gasteiger partial charge in [0.05, 0.1) is 44.0 Å². The van der Waals surface area contributed by atoms with Gasteiger partial charge in [0.15, 0.2) is 5.17 Å². The second kappa shape index (κ2) is 10.3. The van der Waals surface area contributed by atoms with Gasteiger partial charge in [0, 0.05) is 11.8 Å². The number of aliphatic hydroxyl groups excluding tert-OH is 1. The number of methoxy groups -OCH3 is 1. The first-order valence-electron chi connectivity index (χ1n) is 12.2. The van der Waals surface area contributed by atoms with Crippen molar-refractivity contribution in [1.29, 1.82) is 0 Å². The highest BCUT2D eigenvalue weighted by Gasteiger charge is 2.88. The van der Waals surface area contributed by atoms with Crippen LogP contribution in [0.5, 0.6) is 5.75 Å². The minimum Gasteiger partial charge on any atom is -0.497 e. The third-order valence-electron chi connectivity index (χ3n) is 7.30. The van der Waals surface area contributed by atoms with Crippen LogP contribution >= 0.6 is 11.8 Å². The molecule has 1 saturated carbocycles. The SMILES string of the molecule is [C-]#[N+]c1ccc(/C(F)=C/c2ccc(F)c([C@@]3(C)NC(=NCc4ccc(OC)cc4)S[C@]4(CO)[C@H]3C4(F)F)c2)nc1. The van der Waals surface area contributed by atoms with Gasteiger partial charge in [-0.3, -0.25) is 9.98 Å². The molecule has 0 spiro atoms. The number of nitrogens with zero attached hydrogens (tertiary/aromatic N) is 3. The van der Waals surface area contributed by atoms with Crippen LogP contribution in [-0.4, -0.2) is 39.6 Å². The highest BCUT2D eigenvalue weighted by molar-refractivity contribution is 8.15. The van der Waals surface area contributed by atoms with E-state index in [9.17, 15) is 9.50 Å². The average Bonchev–Trinajstić information content (AvgIpc) is 3.48. The van der Waals surface area contributed by atoms with Gasteiger partial charge in [-0.15, -0.1) is 0 Å². The number of aliphatic imine (C=N–C) groups is 1. The van der Waals surface area contributed by atoms with E-state index < -0.39 is 40.4 Å². The molecule has 0 radical (unpaired) electrons. The van der Waals surface area contributed by atoms with Gasteiger partial charge >= 0.3 is 0 Å². The van der Waals surface area contributed by atoms with Crippen molar-refractivity contribution < 1.29 is 27.4 Å². The fourth-order valence-electron chi connectivity index (χ4n) is 5.14. The first kappa shape index (κ1) is 27.7. The first-order chi connectivity index (χ1) is 19.1. The van der Waals surface area contributed by atoms with E-state index in [0.29, 0.717) is 5.75 Å². The Balaban J connectivity index is 1.50.